The lowest BCUT2D eigenvalue weighted by Gasteiger charge is -2.10. The van der Waals surface area contributed by atoms with E-state index in [0.717, 1.165) is 18.2 Å². The van der Waals surface area contributed by atoms with Crippen LogP contribution in [-0.2, 0) is 0 Å². The van der Waals surface area contributed by atoms with Crippen LogP contribution in [0.2, 0.25) is 10.0 Å². The number of carbonyl (C=O) groups excluding carboxylic acids is 1. The number of hydrogen-bond donors (Lipinski definition) is 3. The highest BCUT2D eigenvalue weighted by atomic mass is 35.5. The Morgan fingerprint density at radius 1 is 0.870 bits per heavy atom. The Morgan fingerprint density at radius 2 is 1.52 bits per heavy atom. The third kappa shape index (κ3) is 3.80. The summed E-state index contributed by atoms with van der Waals surface area (Å²) >= 11 is 11.7. The van der Waals surface area contributed by atoms with Gasteiger partial charge in [-0.3, -0.25) is 4.79 Å². The van der Waals surface area contributed by atoms with E-state index in [1.54, 1.807) is 0 Å². The Labute approximate surface area is 140 Å². The molecule has 0 atom stereocenters. The molecular weight excluding hydrogens is 345 g/mol. The van der Waals surface area contributed by atoms with E-state index in [0.29, 0.717) is 5.02 Å². The van der Waals surface area contributed by atoms with Crippen molar-refractivity contribution >= 4 is 46.7 Å². The van der Waals surface area contributed by atoms with E-state index in [1.165, 1.54) is 18.2 Å². The third-order valence-electron chi connectivity index (χ3n) is 2.92. The zero-order chi connectivity index (χ0) is 17.1. The van der Waals surface area contributed by atoms with Crippen LogP contribution in [0.25, 0.3) is 0 Å². The number of hydrogen-bond acceptors (Lipinski definition) is 3. The molecule has 0 unspecified atom stereocenters. The maximum absolute atomic E-state index is 12.2. The number of carboxylic acid groups (broad SMARTS) is 2. The summed E-state index contributed by atoms with van der Waals surface area (Å²) in [7, 11) is 0. The molecular formula is C15H9Cl2NO5. The lowest BCUT2D eigenvalue weighted by molar-refractivity contribution is 0.0682. The van der Waals surface area contributed by atoms with Crippen LogP contribution in [0.5, 0.6) is 0 Å². The van der Waals surface area contributed by atoms with Crippen LogP contribution in [0.4, 0.5) is 5.69 Å². The zero-order valence-corrected chi connectivity index (χ0v) is 12.9. The summed E-state index contributed by atoms with van der Waals surface area (Å²) < 4.78 is 0. The number of anilines is 1. The largest absolute Gasteiger partial charge is 0.478 e. The minimum atomic E-state index is -1.31. The summed E-state index contributed by atoms with van der Waals surface area (Å²) in [5.41, 5.74) is -0.470. The molecule has 0 radical (unpaired) electrons. The first-order chi connectivity index (χ1) is 10.8. The number of amides is 1. The van der Waals surface area contributed by atoms with Crippen LogP contribution < -0.4 is 5.32 Å². The number of carboxylic acids is 2. The second-order valence-electron chi connectivity index (χ2n) is 4.45. The van der Waals surface area contributed by atoms with Crippen molar-refractivity contribution in [2.45, 2.75) is 0 Å². The van der Waals surface area contributed by atoms with Crippen LogP contribution in [-0.4, -0.2) is 28.1 Å². The summed E-state index contributed by atoms with van der Waals surface area (Å²) in [5.74, 6) is -3.24. The van der Waals surface area contributed by atoms with Crippen LogP contribution >= 0.6 is 23.2 Å². The molecule has 0 aliphatic heterocycles. The number of aromatic carboxylic acids is 2. The summed E-state index contributed by atoms with van der Waals surface area (Å²) in [5, 5.41) is 20.9. The second kappa shape index (κ2) is 6.68. The van der Waals surface area contributed by atoms with Crippen molar-refractivity contribution in [2.24, 2.45) is 0 Å². The monoisotopic (exact) mass is 353 g/mol. The van der Waals surface area contributed by atoms with E-state index in [4.69, 9.17) is 33.4 Å². The molecule has 1 amide bonds. The van der Waals surface area contributed by atoms with Gasteiger partial charge in [-0.25, -0.2) is 9.59 Å². The predicted molar refractivity (Wildman–Crippen MR) is 84.8 cm³/mol. The molecule has 3 N–H and O–H groups in total. The normalized spacial score (nSPS) is 10.2. The van der Waals surface area contributed by atoms with Gasteiger partial charge in [0.1, 0.15) is 0 Å². The lowest BCUT2D eigenvalue weighted by Crippen LogP contribution is -2.16. The molecule has 0 fully saturated rings. The van der Waals surface area contributed by atoms with Crippen molar-refractivity contribution in [1.82, 2.24) is 0 Å². The maximum atomic E-state index is 12.2. The molecule has 2 aromatic rings. The molecule has 2 aromatic carbocycles. The Kier molecular flexibility index (Phi) is 4.88. The highest BCUT2D eigenvalue weighted by molar-refractivity contribution is 6.37. The molecule has 0 aliphatic rings. The number of nitrogens with one attached hydrogen (secondary N) is 1. The number of rotatable bonds is 4. The average molecular weight is 354 g/mol. The molecule has 0 aliphatic carbocycles. The van der Waals surface area contributed by atoms with Crippen LogP contribution in [0.3, 0.4) is 0 Å². The van der Waals surface area contributed by atoms with Crippen LogP contribution in [0.15, 0.2) is 36.4 Å². The smallest absolute Gasteiger partial charge is 0.337 e. The topological polar surface area (TPSA) is 104 Å². The van der Waals surface area contributed by atoms with Gasteiger partial charge in [-0.1, -0.05) is 23.2 Å². The minimum Gasteiger partial charge on any atom is -0.478 e. The van der Waals surface area contributed by atoms with Crippen molar-refractivity contribution in [3.8, 4) is 0 Å². The molecule has 0 bridgehead atoms. The molecule has 0 spiro atoms. The van der Waals surface area contributed by atoms with Crippen LogP contribution in [0, 0.1) is 0 Å². The Bertz CT molecular complexity index is 820. The fourth-order valence-corrected chi connectivity index (χ4v) is 2.32. The fraction of sp³-hybridized carbons (Fsp3) is 0. The van der Waals surface area contributed by atoms with Gasteiger partial charge in [-0.05, 0) is 36.4 Å². The lowest BCUT2D eigenvalue weighted by atomic mass is 10.1. The predicted octanol–water partition coefficient (Wildman–Crippen LogP) is 3.64. The summed E-state index contributed by atoms with van der Waals surface area (Å²) in [4.78, 5) is 34.4. The third-order valence-corrected chi connectivity index (χ3v) is 3.47. The molecule has 0 heterocycles. The molecule has 118 valence electrons. The van der Waals surface area contributed by atoms with Crippen LogP contribution in [0.1, 0.15) is 31.1 Å². The number of carbonyl (C=O) groups is 3. The molecule has 0 saturated carbocycles. The Morgan fingerprint density at radius 3 is 2.09 bits per heavy atom. The number of benzene rings is 2. The highest BCUT2D eigenvalue weighted by Crippen LogP contribution is 2.24. The molecule has 6 nitrogen and oxygen atoms in total. The molecule has 8 heteroatoms. The first kappa shape index (κ1) is 16.8. The summed E-state index contributed by atoms with van der Waals surface area (Å²) in [6.45, 7) is 0. The van der Waals surface area contributed by atoms with E-state index in [1.807, 2.05) is 0 Å². The molecule has 0 saturated heterocycles. The van der Waals surface area contributed by atoms with Gasteiger partial charge in [0.25, 0.3) is 5.91 Å². The van der Waals surface area contributed by atoms with Crippen molar-refractivity contribution in [3.05, 3.63) is 63.1 Å². The fourth-order valence-electron chi connectivity index (χ4n) is 1.83. The standard InChI is InChI=1S/C15H9Cl2NO5/c16-8-2-4-9(11(17)6-8)13(19)18-12-5-7(14(20)21)1-3-10(12)15(22)23/h1-6H,(H,18,19)(H,20,21)(H,22,23). The minimum absolute atomic E-state index is 0.0770. The molecule has 2 rings (SSSR count). The van der Waals surface area contributed by atoms with Crippen molar-refractivity contribution in [1.29, 1.82) is 0 Å². The van der Waals surface area contributed by atoms with Crippen molar-refractivity contribution < 1.29 is 24.6 Å². The molecule has 0 aromatic heterocycles. The van der Waals surface area contributed by atoms with Crippen molar-refractivity contribution in [2.75, 3.05) is 5.32 Å². The van der Waals surface area contributed by atoms with Gasteiger partial charge in [0.2, 0.25) is 0 Å². The average Bonchev–Trinajstić information content (AvgIpc) is 2.46. The van der Waals surface area contributed by atoms with Crippen molar-refractivity contribution in [3.63, 3.8) is 0 Å². The van der Waals surface area contributed by atoms with E-state index in [-0.39, 0.29) is 27.4 Å². The van der Waals surface area contributed by atoms with E-state index < -0.39 is 17.8 Å². The Hall–Kier alpha value is -2.57. The van der Waals surface area contributed by atoms with Gasteiger partial charge in [0.15, 0.2) is 0 Å². The van der Waals surface area contributed by atoms with Gasteiger partial charge in [-0.2, -0.15) is 0 Å². The van der Waals surface area contributed by atoms with E-state index in [2.05, 4.69) is 5.32 Å². The van der Waals surface area contributed by atoms with E-state index >= 15 is 0 Å². The molecule has 23 heavy (non-hydrogen) atoms. The van der Waals surface area contributed by atoms with Gasteiger partial charge in [0, 0.05) is 5.02 Å². The first-order valence-electron chi connectivity index (χ1n) is 6.16. The van der Waals surface area contributed by atoms with Gasteiger partial charge >= 0.3 is 11.9 Å². The zero-order valence-electron chi connectivity index (χ0n) is 11.3. The summed E-state index contributed by atoms with van der Waals surface area (Å²) in [6.07, 6.45) is 0. The van der Waals surface area contributed by atoms with Gasteiger partial charge in [0.05, 0.1) is 27.4 Å². The van der Waals surface area contributed by atoms with Gasteiger partial charge in [-0.15, -0.1) is 0 Å². The SMILES string of the molecule is O=C(O)c1ccc(C(=O)O)c(NC(=O)c2ccc(Cl)cc2Cl)c1. The Balaban J connectivity index is 2.41. The quantitative estimate of drug-likeness (QED) is 0.778. The summed E-state index contributed by atoms with van der Waals surface area (Å²) in [6, 6.07) is 7.49. The number of halogens is 2. The van der Waals surface area contributed by atoms with E-state index in [9.17, 15) is 14.4 Å². The second-order valence-corrected chi connectivity index (χ2v) is 5.29. The maximum Gasteiger partial charge on any atom is 0.337 e. The van der Waals surface area contributed by atoms with Gasteiger partial charge < -0.3 is 15.5 Å². The highest BCUT2D eigenvalue weighted by Gasteiger charge is 2.17. The first-order valence-corrected chi connectivity index (χ1v) is 6.92.